The van der Waals surface area contributed by atoms with Gasteiger partial charge in [-0.2, -0.15) is 0 Å². The molecule has 0 heterocycles. The molecule has 0 bridgehead atoms. The van der Waals surface area contributed by atoms with Crippen molar-refractivity contribution < 1.29 is 9.53 Å². The molecule has 0 unspecified atom stereocenters. The monoisotopic (exact) mass is 255 g/mol. The second-order valence-corrected chi connectivity index (χ2v) is 4.42. The van der Waals surface area contributed by atoms with Gasteiger partial charge in [-0.1, -0.05) is 11.6 Å². The van der Waals surface area contributed by atoms with Crippen molar-refractivity contribution in [3.8, 4) is 5.75 Å². The van der Waals surface area contributed by atoms with Crippen LogP contribution in [0.4, 0.5) is 0 Å². The van der Waals surface area contributed by atoms with E-state index < -0.39 is 0 Å². The van der Waals surface area contributed by atoms with Crippen molar-refractivity contribution in [3.05, 3.63) is 27.8 Å². The van der Waals surface area contributed by atoms with Crippen molar-refractivity contribution in [3.63, 3.8) is 0 Å². The van der Waals surface area contributed by atoms with E-state index in [0.29, 0.717) is 13.0 Å². The minimum atomic E-state index is -0.0279. The maximum absolute atomic E-state index is 10.8. The molecule has 0 fully saturated rings. The van der Waals surface area contributed by atoms with Crippen LogP contribution in [0.25, 0.3) is 0 Å². The highest BCUT2D eigenvalue weighted by Crippen LogP contribution is 2.31. The van der Waals surface area contributed by atoms with Crippen molar-refractivity contribution in [1.82, 2.24) is 5.32 Å². The van der Waals surface area contributed by atoms with Gasteiger partial charge in [0.25, 0.3) is 0 Å². The highest BCUT2D eigenvalue weighted by Gasteiger charge is 2.12. The van der Waals surface area contributed by atoms with Gasteiger partial charge >= 0.3 is 0 Å². The van der Waals surface area contributed by atoms with Crippen molar-refractivity contribution in [1.29, 1.82) is 0 Å². The van der Waals surface area contributed by atoms with Crippen LogP contribution >= 0.6 is 11.6 Å². The number of benzene rings is 1. The Morgan fingerprint density at radius 3 is 2.65 bits per heavy atom. The van der Waals surface area contributed by atoms with Crippen LogP contribution in [0.15, 0.2) is 6.07 Å². The Labute approximate surface area is 107 Å². The number of ether oxygens (including phenoxy) is 1. The van der Waals surface area contributed by atoms with Gasteiger partial charge in [0, 0.05) is 24.1 Å². The Balaban J connectivity index is 2.96. The number of carbonyl (C=O) groups excluding carboxylic acids is 1. The first-order chi connectivity index (χ1) is 7.97. The summed E-state index contributed by atoms with van der Waals surface area (Å²) < 4.78 is 5.35. The number of halogens is 1. The van der Waals surface area contributed by atoms with Crippen molar-refractivity contribution >= 4 is 17.5 Å². The average molecular weight is 256 g/mol. The minimum Gasteiger partial charge on any atom is -0.496 e. The average Bonchev–Trinajstić information content (AvgIpc) is 2.28. The fourth-order valence-corrected chi connectivity index (χ4v) is 1.99. The topological polar surface area (TPSA) is 38.3 Å². The number of nitrogens with one attached hydrogen (secondary N) is 1. The van der Waals surface area contributed by atoms with Gasteiger partial charge in [0.1, 0.15) is 5.75 Å². The molecule has 0 atom stereocenters. The number of hydrogen-bond donors (Lipinski definition) is 1. The van der Waals surface area contributed by atoms with Gasteiger partial charge in [-0.15, -0.1) is 0 Å². The molecule has 17 heavy (non-hydrogen) atoms. The zero-order valence-electron chi connectivity index (χ0n) is 10.7. The number of methoxy groups -OCH3 is 1. The van der Waals surface area contributed by atoms with Gasteiger partial charge in [0.15, 0.2) is 0 Å². The summed E-state index contributed by atoms with van der Waals surface area (Å²) in [7, 11) is 1.64. The van der Waals surface area contributed by atoms with Gasteiger partial charge in [-0.05, 0) is 37.5 Å². The molecule has 0 aliphatic carbocycles. The van der Waals surface area contributed by atoms with E-state index in [1.807, 2.05) is 19.9 Å². The molecule has 0 radical (unpaired) electrons. The summed E-state index contributed by atoms with van der Waals surface area (Å²) in [6.07, 6.45) is 0.717. The molecule has 0 saturated carbocycles. The summed E-state index contributed by atoms with van der Waals surface area (Å²) in [6, 6.07) is 1.93. The summed E-state index contributed by atoms with van der Waals surface area (Å²) in [5, 5.41) is 3.54. The SMILES string of the molecule is COc1cc(C)c(Cl)c(C)c1CCNC(C)=O. The standard InChI is InChI=1S/C13H18ClNO2/c1-8-7-12(17-4)11(9(2)13(8)14)5-6-15-10(3)16/h7H,5-6H2,1-4H3,(H,15,16). The van der Waals surface area contributed by atoms with Crippen LogP contribution in [-0.2, 0) is 11.2 Å². The van der Waals surface area contributed by atoms with E-state index in [0.717, 1.165) is 27.5 Å². The summed E-state index contributed by atoms with van der Waals surface area (Å²) in [6.45, 7) is 6.02. The molecular formula is C13H18ClNO2. The largest absolute Gasteiger partial charge is 0.496 e. The van der Waals surface area contributed by atoms with Crippen molar-refractivity contribution in [2.24, 2.45) is 0 Å². The second-order valence-electron chi connectivity index (χ2n) is 4.05. The molecule has 0 aliphatic heterocycles. The van der Waals surface area contributed by atoms with Gasteiger partial charge in [0.05, 0.1) is 7.11 Å². The van der Waals surface area contributed by atoms with Crippen LogP contribution in [0.5, 0.6) is 5.75 Å². The molecule has 4 heteroatoms. The molecule has 0 spiro atoms. The zero-order chi connectivity index (χ0) is 13.0. The summed E-state index contributed by atoms with van der Waals surface area (Å²) in [4.78, 5) is 10.8. The lowest BCUT2D eigenvalue weighted by molar-refractivity contribution is -0.118. The predicted molar refractivity (Wildman–Crippen MR) is 69.9 cm³/mol. The van der Waals surface area contributed by atoms with E-state index in [2.05, 4.69) is 5.32 Å². The number of hydrogen-bond acceptors (Lipinski definition) is 2. The number of carbonyl (C=O) groups is 1. The first kappa shape index (κ1) is 13.8. The van der Waals surface area contributed by atoms with E-state index in [4.69, 9.17) is 16.3 Å². The maximum Gasteiger partial charge on any atom is 0.216 e. The Morgan fingerprint density at radius 1 is 1.47 bits per heavy atom. The van der Waals surface area contributed by atoms with E-state index in [1.165, 1.54) is 6.92 Å². The summed E-state index contributed by atoms with van der Waals surface area (Å²) >= 11 is 6.21. The van der Waals surface area contributed by atoms with Crippen LogP contribution in [0.3, 0.4) is 0 Å². The third kappa shape index (κ3) is 3.37. The lowest BCUT2D eigenvalue weighted by Gasteiger charge is -2.15. The minimum absolute atomic E-state index is 0.0279. The molecule has 3 nitrogen and oxygen atoms in total. The Hall–Kier alpha value is -1.22. The van der Waals surface area contributed by atoms with Crippen LogP contribution < -0.4 is 10.1 Å². The van der Waals surface area contributed by atoms with Gasteiger partial charge < -0.3 is 10.1 Å². The van der Waals surface area contributed by atoms with Crippen molar-refractivity contribution in [2.45, 2.75) is 27.2 Å². The second kappa shape index (κ2) is 5.92. The molecular weight excluding hydrogens is 238 g/mol. The highest BCUT2D eigenvalue weighted by molar-refractivity contribution is 6.32. The normalized spacial score (nSPS) is 10.2. The quantitative estimate of drug-likeness (QED) is 0.898. The molecule has 0 aromatic heterocycles. The predicted octanol–water partition coefficient (Wildman–Crippen LogP) is 2.64. The molecule has 1 aromatic rings. The van der Waals surface area contributed by atoms with Crippen LogP contribution in [0.2, 0.25) is 5.02 Å². The first-order valence-electron chi connectivity index (χ1n) is 5.54. The number of rotatable bonds is 4. The van der Waals surface area contributed by atoms with Gasteiger partial charge in [-0.3, -0.25) is 4.79 Å². The molecule has 1 rings (SSSR count). The van der Waals surface area contributed by atoms with Crippen LogP contribution in [-0.4, -0.2) is 19.6 Å². The summed E-state index contributed by atoms with van der Waals surface area (Å²) in [5.41, 5.74) is 3.08. The lowest BCUT2D eigenvalue weighted by atomic mass is 10.0. The lowest BCUT2D eigenvalue weighted by Crippen LogP contribution is -2.22. The molecule has 1 aromatic carbocycles. The molecule has 94 valence electrons. The van der Waals surface area contributed by atoms with Gasteiger partial charge in [-0.25, -0.2) is 0 Å². The third-order valence-electron chi connectivity index (χ3n) is 2.74. The van der Waals surface area contributed by atoms with Crippen LogP contribution in [0, 0.1) is 13.8 Å². The van der Waals surface area contributed by atoms with Gasteiger partial charge in [0.2, 0.25) is 5.91 Å². The number of aryl methyl sites for hydroxylation is 1. The first-order valence-corrected chi connectivity index (χ1v) is 5.92. The Kier molecular flexibility index (Phi) is 4.82. The molecule has 1 amide bonds. The third-order valence-corrected chi connectivity index (χ3v) is 3.32. The van der Waals surface area contributed by atoms with E-state index in [9.17, 15) is 4.79 Å². The molecule has 0 aliphatic rings. The summed E-state index contributed by atoms with van der Waals surface area (Å²) in [5.74, 6) is 0.801. The smallest absolute Gasteiger partial charge is 0.216 e. The fraction of sp³-hybridized carbons (Fsp3) is 0.462. The Morgan fingerprint density at radius 2 is 2.12 bits per heavy atom. The Bertz CT molecular complexity index is 430. The number of amides is 1. The van der Waals surface area contributed by atoms with E-state index in [1.54, 1.807) is 7.11 Å². The van der Waals surface area contributed by atoms with E-state index in [-0.39, 0.29) is 5.91 Å². The van der Waals surface area contributed by atoms with E-state index >= 15 is 0 Å². The van der Waals surface area contributed by atoms with Crippen LogP contribution in [0.1, 0.15) is 23.6 Å². The molecule has 0 saturated heterocycles. The molecule has 1 N–H and O–H groups in total. The zero-order valence-corrected chi connectivity index (χ0v) is 11.4. The fourth-order valence-electron chi connectivity index (χ4n) is 1.82. The highest BCUT2D eigenvalue weighted by atomic mass is 35.5. The van der Waals surface area contributed by atoms with Crippen molar-refractivity contribution in [2.75, 3.05) is 13.7 Å². The maximum atomic E-state index is 10.8.